The lowest BCUT2D eigenvalue weighted by atomic mass is 9.82. The molecular weight excluding hydrogens is 1010 g/mol. The van der Waals surface area contributed by atoms with E-state index < -0.39 is 11.9 Å². The molecule has 0 spiro atoms. The van der Waals surface area contributed by atoms with Crippen LogP contribution in [0, 0.1) is 23.7 Å². The Balaban J connectivity index is 0.875. The minimum Gasteiger partial charge on any atom is -0.493 e. The Bertz CT molecular complexity index is 2660. The molecular formula is C58H67N3O15S. The smallest absolute Gasteiger partial charge is 0.330 e. The number of para-hydroxylation sites is 1. The topological polar surface area (TPSA) is 209 Å². The van der Waals surface area contributed by atoms with Crippen LogP contribution in [0.15, 0.2) is 121 Å². The van der Waals surface area contributed by atoms with Gasteiger partial charge in [0, 0.05) is 11.6 Å². The van der Waals surface area contributed by atoms with Crippen LogP contribution in [0.5, 0.6) is 34.5 Å². The van der Waals surface area contributed by atoms with Crippen LogP contribution in [0.3, 0.4) is 0 Å². The second kappa shape index (κ2) is 31.2. The maximum Gasteiger partial charge on any atom is 0.330 e. The van der Waals surface area contributed by atoms with E-state index in [-0.39, 0.29) is 62.0 Å². The molecule has 2 saturated carbocycles. The summed E-state index contributed by atoms with van der Waals surface area (Å²) in [6.45, 7) is 10.6. The van der Waals surface area contributed by atoms with E-state index in [4.69, 9.17) is 52.5 Å². The summed E-state index contributed by atoms with van der Waals surface area (Å²) in [5.41, 5.74) is 1.34. The van der Waals surface area contributed by atoms with Crippen molar-refractivity contribution in [3.05, 3.63) is 122 Å². The van der Waals surface area contributed by atoms with Gasteiger partial charge in [-0.1, -0.05) is 36.6 Å². The van der Waals surface area contributed by atoms with Crippen molar-refractivity contribution in [2.24, 2.45) is 28.8 Å². The number of nitrogens with zero attached hydrogens (tertiary/aromatic N) is 3. The van der Waals surface area contributed by atoms with Crippen LogP contribution in [-0.4, -0.2) is 119 Å². The van der Waals surface area contributed by atoms with Gasteiger partial charge in [-0.2, -0.15) is 10.1 Å². The van der Waals surface area contributed by atoms with E-state index in [0.29, 0.717) is 124 Å². The maximum absolute atomic E-state index is 13.2. The number of fused-ring (bicyclic) bond motifs is 1. The van der Waals surface area contributed by atoms with Gasteiger partial charge >= 0.3 is 17.9 Å². The number of hydrogen-bond donors (Lipinski definition) is 1. The third-order valence-electron chi connectivity index (χ3n) is 12.8. The number of carbonyl (C=O) groups is 4. The number of hydrazone groups is 1. The van der Waals surface area contributed by atoms with E-state index in [9.17, 15) is 19.2 Å². The summed E-state index contributed by atoms with van der Waals surface area (Å²) in [5.74, 6) is 1.76. The molecule has 77 heavy (non-hydrogen) atoms. The molecule has 0 bridgehead atoms. The predicted octanol–water partition coefficient (Wildman–Crippen LogP) is 8.96. The van der Waals surface area contributed by atoms with Gasteiger partial charge in [-0.25, -0.2) is 9.78 Å². The maximum atomic E-state index is 13.2. The first-order chi connectivity index (χ1) is 37.7. The van der Waals surface area contributed by atoms with Crippen molar-refractivity contribution in [3.8, 4) is 34.5 Å². The van der Waals surface area contributed by atoms with Gasteiger partial charge in [0.15, 0.2) is 0 Å². The van der Waals surface area contributed by atoms with Crippen LogP contribution in [0.2, 0.25) is 0 Å². The number of aromatic nitrogens is 1. The quantitative estimate of drug-likeness (QED) is 0.0110. The van der Waals surface area contributed by atoms with Crippen LogP contribution in [0.1, 0.15) is 56.9 Å². The Morgan fingerprint density at radius 1 is 0.597 bits per heavy atom. The van der Waals surface area contributed by atoms with Gasteiger partial charge in [0.2, 0.25) is 5.13 Å². The molecule has 1 heterocycles. The normalized spacial score (nSPS) is 17.3. The molecule has 5 aromatic rings. The Hall–Kier alpha value is -7.16. The second-order valence-corrected chi connectivity index (χ2v) is 19.2. The van der Waals surface area contributed by atoms with E-state index in [1.54, 1.807) is 54.7 Å². The zero-order chi connectivity index (χ0) is 54.0. The third kappa shape index (κ3) is 18.8. The summed E-state index contributed by atoms with van der Waals surface area (Å²) < 4.78 is 57.5. The molecule has 2 aliphatic carbocycles. The molecule has 0 saturated heterocycles. The Morgan fingerprint density at radius 3 is 1.68 bits per heavy atom. The molecule has 0 unspecified atom stereocenters. The number of benzene rings is 4. The van der Waals surface area contributed by atoms with E-state index >= 15 is 0 Å². The molecule has 1 amide bonds. The lowest BCUT2D eigenvalue weighted by molar-refractivity contribution is -0.141. The van der Waals surface area contributed by atoms with Crippen molar-refractivity contribution in [1.82, 2.24) is 4.98 Å². The number of amides is 1. The fraction of sp³-hybridized carbons (Fsp3) is 0.414. The number of carbonyl (C=O) groups excluding carboxylic acids is 4. The van der Waals surface area contributed by atoms with Crippen LogP contribution in [0.25, 0.3) is 10.2 Å². The molecule has 410 valence electrons. The summed E-state index contributed by atoms with van der Waals surface area (Å²) >= 11 is 1.34. The molecule has 19 heteroatoms. The largest absolute Gasteiger partial charge is 0.493 e. The number of hydrogen-bond acceptors (Lipinski definition) is 18. The highest BCUT2D eigenvalue weighted by molar-refractivity contribution is 7.22. The minimum atomic E-state index is -0.489. The number of esters is 3. The molecule has 4 aromatic carbocycles. The second-order valence-electron chi connectivity index (χ2n) is 18.2. The van der Waals surface area contributed by atoms with E-state index in [2.05, 4.69) is 23.2 Å². The molecule has 1 aromatic heterocycles. The molecule has 0 aliphatic heterocycles. The van der Waals surface area contributed by atoms with Crippen molar-refractivity contribution in [3.63, 3.8) is 0 Å². The van der Waals surface area contributed by atoms with Crippen molar-refractivity contribution < 1.29 is 71.7 Å². The molecule has 18 nitrogen and oxygen atoms in total. The van der Waals surface area contributed by atoms with E-state index in [1.165, 1.54) is 22.4 Å². The first-order valence-corrected chi connectivity index (χ1v) is 26.8. The lowest BCUT2D eigenvalue weighted by Crippen LogP contribution is -2.28. The lowest BCUT2D eigenvalue weighted by Gasteiger charge is -2.28. The summed E-state index contributed by atoms with van der Waals surface area (Å²) in [7, 11) is 0. The monoisotopic (exact) mass is 1080 g/mol. The predicted molar refractivity (Wildman–Crippen MR) is 289 cm³/mol. The highest BCUT2D eigenvalue weighted by atomic mass is 32.1. The van der Waals surface area contributed by atoms with Crippen molar-refractivity contribution >= 4 is 56.7 Å². The summed E-state index contributed by atoms with van der Waals surface area (Å²) in [5, 5.41) is 15.1. The number of rotatable bonds is 31. The zero-order valence-corrected chi connectivity index (χ0v) is 44.0. The fourth-order valence-corrected chi connectivity index (χ4v) is 9.48. The molecule has 7 rings (SSSR count). The number of aliphatic hydroxyl groups excluding tert-OH is 1. The number of aliphatic hydroxyl groups is 1. The highest BCUT2D eigenvalue weighted by Gasteiger charge is 2.30. The third-order valence-corrected chi connectivity index (χ3v) is 13.8. The van der Waals surface area contributed by atoms with Crippen LogP contribution >= 0.6 is 11.3 Å². The SMILES string of the molecule is C=CC(=O)OCCOCCOCCOc1ccc(OC(=O)C2CCC(COc3ccc(OCC4CCC(C(=O)Oc5ccc(OCCOCCO)cc5)CC4)c(/C=N/N(C(=O)C=C)c4nc5ccccc5s4)c3)CC2)cc1. The average molecular weight is 1080 g/mol. The minimum absolute atomic E-state index is 0.0419. The Labute approximate surface area is 452 Å². The van der Waals surface area contributed by atoms with Gasteiger partial charge in [-0.15, -0.1) is 0 Å². The Kier molecular flexibility index (Phi) is 23.3. The highest BCUT2D eigenvalue weighted by Crippen LogP contribution is 2.35. The van der Waals surface area contributed by atoms with E-state index in [0.717, 1.165) is 42.0 Å². The summed E-state index contributed by atoms with van der Waals surface area (Å²) in [6.07, 6.45) is 9.65. The van der Waals surface area contributed by atoms with Crippen LogP contribution in [-0.2, 0) is 38.1 Å². The fourth-order valence-electron chi connectivity index (χ4n) is 8.55. The number of ether oxygens (including phenoxy) is 10. The first kappa shape index (κ1) is 57.5. The summed E-state index contributed by atoms with van der Waals surface area (Å²) in [4.78, 5) is 55.2. The summed E-state index contributed by atoms with van der Waals surface area (Å²) in [6, 6.07) is 26.9. The standard InChI is InChI=1S/C58H67N3O15S/c1-3-54(63)61(58-60-51-7-5-6-8-53(51)77-58)59-38-45-37-50(25-26-52(45)74-40-42-11-15-44(16-12-42)57(66)76-48-21-17-46(18-22-48)70-34-31-67-28-27-62)73-39-41-9-13-43(14-10-41)56(65)75-49-23-19-47(20-24-49)71-35-32-68-29-30-69-33-36-72-55(64)4-2/h3-8,17-26,37-38,41-44,62H,1-2,9-16,27-36,39-40H2/b59-38+. The van der Waals surface area contributed by atoms with Gasteiger partial charge in [0.05, 0.1) is 87.7 Å². The molecule has 0 radical (unpaired) electrons. The van der Waals surface area contributed by atoms with Gasteiger partial charge in [-0.05, 0) is 148 Å². The molecule has 1 N–H and O–H groups in total. The van der Waals surface area contributed by atoms with Gasteiger partial charge < -0.3 is 52.5 Å². The van der Waals surface area contributed by atoms with Crippen molar-refractivity contribution in [2.45, 2.75) is 51.4 Å². The first-order valence-electron chi connectivity index (χ1n) is 26.0. The van der Waals surface area contributed by atoms with Crippen LogP contribution in [0.4, 0.5) is 5.13 Å². The molecule has 0 atom stereocenters. The van der Waals surface area contributed by atoms with Gasteiger partial charge in [-0.3, -0.25) is 14.4 Å². The van der Waals surface area contributed by atoms with E-state index in [1.807, 2.05) is 42.5 Å². The van der Waals surface area contributed by atoms with Gasteiger partial charge in [0.1, 0.15) is 54.3 Å². The van der Waals surface area contributed by atoms with Crippen molar-refractivity contribution in [2.75, 3.05) is 84.3 Å². The zero-order valence-electron chi connectivity index (χ0n) is 43.2. The molecule has 2 aliphatic rings. The van der Waals surface area contributed by atoms with Gasteiger partial charge in [0.25, 0.3) is 5.91 Å². The number of anilines is 1. The Morgan fingerprint density at radius 2 is 1.12 bits per heavy atom. The average Bonchev–Trinajstić information content (AvgIpc) is 3.90. The molecule has 2 fully saturated rings. The van der Waals surface area contributed by atoms with Crippen molar-refractivity contribution in [1.29, 1.82) is 0 Å². The van der Waals surface area contributed by atoms with Crippen LogP contribution < -0.4 is 33.4 Å². The number of thiazole rings is 1.